The summed E-state index contributed by atoms with van der Waals surface area (Å²) in [5.41, 5.74) is 1.18. The van der Waals surface area contributed by atoms with E-state index in [-0.39, 0.29) is 23.6 Å². The van der Waals surface area contributed by atoms with Gasteiger partial charge in [0, 0.05) is 17.9 Å². The number of nitrogens with one attached hydrogen (secondary N) is 3. The number of carbonyl (C=O) groups excluding carboxylic acids is 3. The van der Waals surface area contributed by atoms with Crippen molar-refractivity contribution in [2.75, 3.05) is 22.5 Å². The van der Waals surface area contributed by atoms with Gasteiger partial charge in [-0.3, -0.25) is 14.4 Å². The first-order valence-corrected chi connectivity index (χ1v) is 13.5. The molecule has 3 amide bonds. The third-order valence-electron chi connectivity index (χ3n) is 7.31. The molecule has 0 bridgehead atoms. The summed E-state index contributed by atoms with van der Waals surface area (Å²) in [7, 11) is -0.666. The lowest BCUT2D eigenvalue weighted by Gasteiger charge is -2.32. The van der Waals surface area contributed by atoms with Gasteiger partial charge in [0.25, 0.3) is 17.7 Å². The highest BCUT2D eigenvalue weighted by Crippen LogP contribution is 2.37. The first-order valence-electron chi connectivity index (χ1n) is 13.5. The number of halogens is 4. The number of nitrogens with two attached hydrogens (primary N) is 1. The van der Waals surface area contributed by atoms with E-state index in [2.05, 4.69) is 20.9 Å². The molecule has 1 fully saturated rings. The highest BCUT2D eigenvalue weighted by Gasteiger charge is 2.51. The van der Waals surface area contributed by atoms with Crippen molar-refractivity contribution in [1.29, 1.82) is 0 Å². The molecule has 0 unspecified atom stereocenters. The molecule has 0 aliphatic carbocycles. The zero-order chi connectivity index (χ0) is 32.6. The summed E-state index contributed by atoms with van der Waals surface area (Å²) in [4.78, 5) is 41.6. The molecule has 10 nitrogen and oxygen atoms in total. The molecule has 5 N–H and O–H groups in total. The summed E-state index contributed by atoms with van der Waals surface area (Å²) in [6.07, 6.45) is -5.02. The largest absolute Gasteiger partial charge is 0.494 e. The van der Waals surface area contributed by atoms with Crippen LogP contribution in [0.15, 0.2) is 48.5 Å². The number of pyridine rings is 1. The molecular weight excluding hydrogens is 585 g/mol. The van der Waals surface area contributed by atoms with Crippen molar-refractivity contribution < 1.29 is 41.3 Å². The number of anilines is 3. The fourth-order valence-corrected chi connectivity index (χ4v) is 4.27. The third kappa shape index (κ3) is 6.68. The summed E-state index contributed by atoms with van der Waals surface area (Å²) in [6, 6.07) is 9.78. The average Bonchev–Trinajstić information content (AvgIpc) is 3.15. The molecule has 15 heteroatoms. The van der Waals surface area contributed by atoms with Crippen LogP contribution in [0, 0.1) is 5.82 Å². The minimum absolute atomic E-state index is 0.110. The second-order valence-corrected chi connectivity index (χ2v) is 11.0. The van der Waals surface area contributed by atoms with E-state index in [1.165, 1.54) is 12.1 Å². The van der Waals surface area contributed by atoms with E-state index in [9.17, 15) is 31.9 Å². The predicted octanol–water partition coefficient (Wildman–Crippen LogP) is 4.57. The molecule has 1 aromatic heterocycles. The van der Waals surface area contributed by atoms with Crippen LogP contribution in [-0.4, -0.2) is 47.6 Å². The zero-order valence-electron chi connectivity index (χ0n) is 24.5. The van der Waals surface area contributed by atoms with Crippen molar-refractivity contribution in [3.63, 3.8) is 0 Å². The van der Waals surface area contributed by atoms with Gasteiger partial charge in [-0.2, -0.15) is 13.2 Å². The number of rotatable bonds is 8. The molecule has 1 saturated heterocycles. The summed E-state index contributed by atoms with van der Waals surface area (Å²) < 4.78 is 67.5. The van der Waals surface area contributed by atoms with E-state index in [4.69, 9.17) is 15.0 Å². The molecule has 0 spiro atoms. The lowest BCUT2D eigenvalue weighted by Crippen LogP contribution is -2.41. The van der Waals surface area contributed by atoms with Gasteiger partial charge in [-0.25, -0.2) is 9.37 Å². The van der Waals surface area contributed by atoms with Crippen molar-refractivity contribution in [3.8, 4) is 0 Å². The quantitative estimate of drug-likeness (QED) is 0.215. The summed E-state index contributed by atoms with van der Waals surface area (Å²) >= 11 is 0. The Labute approximate surface area is 250 Å². The van der Waals surface area contributed by atoms with E-state index in [1.54, 1.807) is 19.1 Å². The van der Waals surface area contributed by atoms with E-state index in [0.717, 1.165) is 18.2 Å². The van der Waals surface area contributed by atoms with Crippen molar-refractivity contribution in [1.82, 2.24) is 4.98 Å². The number of benzene rings is 2. The molecule has 0 atom stereocenters. The Kier molecular flexibility index (Phi) is 8.76. The standard InChI is InChI=1S/C29H30BF4N5O5/c1-6-36-22-19(25(41)37-16-9-7-15(8-10-16)30-43-27(2,3)28(4,5)44-30)14-21(29(32,33)34)39-23(22)26(42)38-17-11-12-20(31)18(13-17)24(35)40/h7-14,36H,6H2,1-5H3,(H2,35,40)(H,37,41)(H,38,42). The van der Waals surface area contributed by atoms with Crippen LogP contribution in [0.1, 0.15) is 71.5 Å². The van der Waals surface area contributed by atoms with Crippen LogP contribution >= 0.6 is 0 Å². The molecule has 4 rings (SSSR count). The highest BCUT2D eigenvalue weighted by molar-refractivity contribution is 6.62. The monoisotopic (exact) mass is 615 g/mol. The van der Waals surface area contributed by atoms with Gasteiger partial charge in [-0.05, 0) is 76.5 Å². The molecule has 0 saturated carbocycles. The number of primary amides is 1. The normalized spacial score (nSPS) is 15.5. The average molecular weight is 615 g/mol. The van der Waals surface area contributed by atoms with Gasteiger partial charge in [0.05, 0.1) is 28.0 Å². The Morgan fingerprint density at radius 1 is 0.886 bits per heavy atom. The third-order valence-corrected chi connectivity index (χ3v) is 7.31. The number of hydrogen-bond donors (Lipinski definition) is 4. The number of alkyl halides is 3. The highest BCUT2D eigenvalue weighted by atomic mass is 19.4. The number of amides is 3. The maximum atomic E-state index is 13.9. The molecule has 2 aromatic carbocycles. The van der Waals surface area contributed by atoms with Crippen LogP contribution in [0.3, 0.4) is 0 Å². The van der Waals surface area contributed by atoms with E-state index >= 15 is 0 Å². The molecule has 3 aromatic rings. The van der Waals surface area contributed by atoms with Crippen LogP contribution < -0.4 is 27.1 Å². The zero-order valence-corrected chi connectivity index (χ0v) is 24.5. The summed E-state index contributed by atoms with van der Waals surface area (Å²) in [5, 5.41) is 7.57. The Balaban J connectivity index is 1.66. The first kappa shape index (κ1) is 32.4. The Bertz CT molecular complexity index is 1600. The Morgan fingerprint density at radius 2 is 1.45 bits per heavy atom. The molecule has 0 radical (unpaired) electrons. The van der Waals surface area contributed by atoms with Gasteiger partial charge in [-0.1, -0.05) is 12.1 Å². The van der Waals surface area contributed by atoms with E-state index in [1.807, 2.05) is 27.7 Å². The topological polar surface area (TPSA) is 145 Å². The lowest BCUT2D eigenvalue weighted by atomic mass is 9.79. The molecule has 232 valence electrons. The fourth-order valence-electron chi connectivity index (χ4n) is 4.27. The summed E-state index contributed by atoms with van der Waals surface area (Å²) in [5.74, 6) is -4.19. The van der Waals surface area contributed by atoms with Gasteiger partial charge in [0.1, 0.15) is 11.5 Å². The predicted molar refractivity (Wildman–Crippen MR) is 156 cm³/mol. The van der Waals surface area contributed by atoms with Crippen LogP contribution in [0.5, 0.6) is 0 Å². The van der Waals surface area contributed by atoms with E-state index < -0.39 is 70.6 Å². The Morgan fingerprint density at radius 3 is 2.00 bits per heavy atom. The number of aromatic nitrogens is 1. The molecule has 1 aliphatic heterocycles. The van der Waals surface area contributed by atoms with Crippen LogP contribution in [0.2, 0.25) is 0 Å². The smallest absolute Gasteiger partial charge is 0.399 e. The molecular formula is C29H30BF4N5O5. The molecule has 1 aliphatic rings. The molecule has 2 heterocycles. The SMILES string of the molecule is CCNc1c(C(=O)Nc2ccc(B3OC(C)(C)C(C)(C)O3)cc2)cc(C(F)(F)F)nc1C(=O)Nc1ccc(F)c(C(N)=O)c1. The second-order valence-electron chi connectivity index (χ2n) is 11.0. The van der Waals surface area contributed by atoms with Gasteiger partial charge < -0.3 is 31.0 Å². The molecule has 44 heavy (non-hydrogen) atoms. The maximum Gasteiger partial charge on any atom is 0.494 e. The minimum Gasteiger partial charge on any atom is -0.399 e. The van der Waals surface area contributed by atoms with Crippen LogP contribution in [0.4, 0.5) is 34.6 Å². The van der Waals surface area contributed by atoms with Gasteiger partial charge in [0.15, 0.2) is 5.69 Å². The number of nitrogens with zero attached hydrogens (tertiary/aromatic N) is 1. The maximum absolute atomic E-state index is 13.9. The van der Waals surface area contributed by atoms with E-state index in [0.29, 0.717) is 11.5 Å². The lowest BCUT2D eigenvalue weighted by molar-refractivity contribution is -0.141. The summed E-state index contributed by atoms with van der Waals surface area (Å²) in [6.45, 7) is 9.33. The Hall–Kier alpha value is -4.50. The van der Waals surface area contributed by atoms with Gasteiger partial charge in [-0.15, -0.1) is 0 Å². The van der Waals surface area contributed by atoms with Crippen molar-refractivity contribution >= 4 is 47.4 Å². The number of hydrogen-bond acceptors (Lipinski definition) is 7. The van der Waals surface area contributed by atoms with Crippen LogP contribution in [0.25, 0.3) is 0 Å². The van der Waals surface area contributed by atoms with Gasteiger partial charge >= 0.3 is 13.3 Å². The van der Waals surface area contributed by atoms with Crippen molar-refractivity contribution in [2.45, 2.75) is 52.0 Å². The van der Waals surface area contributed by atoms with Crippen LogP contribution in [-0.2, 0) is 15.5 Å². The van der Waals surface area contributed by atoms with Crippen molar-refractivity contribution in [2.24, 2.45) is 5.73 Å². The fraction of sp³-hybridized carbons (Fsp3) is 0.310. The van der Waals surface area contributed by atoms with Crippen molar-refractivity contribution in [3.05, 3.63) is 76.9 Å². The van der Waals surface area contributed by atoms with Gasteiger partial charge in [0.2, 0.25) is 0 Å². The number of carbonyl (C=O) groups is 3. The minimum atomic E-state index is -5.02. The second kappa shape index (κ2) is 11.9. The first-order chi connectivity index (χ1) is 20.4.